The van der Waals surface area contributed by atoms with E-state index in [-0.39, 0.29) is 4.49 Å². The van der Waals surface area contributed by atoms with Crippen LogP contribution >= 0.6 is 23.2 Å². The van der Waals surface area contributed by atoms with Gasteiger partial charge >= 0.3 is 0 Å². The second-order valence-corrected chi connectivity index (χ2v) is 4.62. The van der Waals surface area contributed by atoms with Crippen molar-refractivity contribution in [2.45, 2.75) is 0 Å². The fourth-order valence-corrected chi connectivity index (χ4v) is 1.59. The maximum absolute atomic E-state index is 5.72. The zero-order chi connectivity index (χ0) is 12.8. The molecule has 0 atom stereocenters. The molecule has 0 aliphatic heterocycles. The van der Waals surface area contributed by atoms with Crippen molar-refractivity contribution in [3.8, 4) is 11.5 Å². The Morgan fingerprint density at radius 1 is 0.889 bits per heavy atom. The van der Waals surface area contributed by atoms with Crippen molar-refractivity contribution in [3.63, 3.8) is 0 Å². The smallest absolute Gasteiger partial charge is 0.127 e. The zero-order valence-electron chi connectivity index (χ0n) is 9.52. The Labute approximate surface area is 117 Å². The summed E-state index contributed by atoms with van der Waals surface area (Å²) in [6, 6.07) is 17.3. The summed E-state index contributed by atoms with van der Waals surface area (Å²) in [5.41, 5.74) is 0.974. The topological polar surface area (TPSA) is 9.23 Å². The number of hydrogen-bond donors (Lipinski definition) is 0. The molecule has 1 nitrogen and oxygen atoms in total. The zero-order valence-corrected chi connectivity index (χ0v) is 11.0. The standard InChI is InChI=1S/C15H11Cl2O/c16-15(17)10-9-12-5-4-8-14(11-12)18-13-6-2-1-3-7-13/h1-11H. The van der Waals surface area contributed by atoms with Crippen LogP contribution in [-0.4, -0.2) is 0 Å². The maximum Gasteiger partial charge on any atom is 0.127 e. The predicted molar refractivity (Wildman–Crippen MR) is 76.1 cm³/mol. The Kier molecular flexibility index (Phi) is 4.68. The lowest BCUT2D eigenvalue weighted by Crippen LogP contribution is -1.85. The molecule has 91 valence electrons. The lowest BCUT2D eigenvalue weighted by Gasteiger charge is -2.06. The highest BCUT2D eigenvalue weighted by atomic mass is 35.5. The first kappa shape index (κ1) is 13.0. The molecule has 0 fully saturated rings. The highest BCUT2D eigenvalue weighted by molar-refractivity contribution is 6.55. The molecule has 0 spiro atoms. The van der Waals surface area contributed by atoms with Crippen LogP contribution in [0.5, 0.6) is 11.5 Å². The highest BCUT2D eigenvalue weighted by Crippen LogP contribution is 2.23. The molecule has 0 aromatic heterocycles. The van der Waals surface area contributed by atoms with Gasteiger partial charge in [-0.2, -0.15) is 0 Å². The third-order valence-electron chi connectivity index (χ3n) is 2.24. The van der Waals surface area contributed by atoms with Gasteiger partial charge in [-0.05, 0) is 35.9 Å². The van der Waals surface area contributed by atoms with Crippen LogP contribution in [0.25, 0.3) is 0 Å². The fourth-order valence-electron chi connectivity index (χ4n) is 1.47. The van der Waals surface area contributed by atoms with Crippen LogP contribution < -0.4 is 4.74 Å². The summed E-state index contributed by atoms with van der Waals surface area (Å²) in [6.45, 7) is 0. The molecule has 0 bridgehead atoms. The Morgan fingerprint density at radius 3 is 2.33 bits per heavy atom. The Balaban J connectivity index is 2.10. The average molecular weight is 278 g/mol. The van der Waals surface area contributed by atoms with Crippen LogP contribution in [0.4, 0.5) is 0 Å². The Morgan fingerprint density at radius 2 is 1.61 bits per heavy atom. The van der Waals surface area contributed by atoms with Gasteiger partial charge in [-0.25, -0.2) is 0 Å². The van der Waals surface area contributed by atoms with Gasteiger partial charge in [-0.1, -0.05) is 53.5 Å². The van der Waals surface area contributed by atoms with Crippen LogP contribution in [0.1, 0.15) is 5.56 Å². The summed E-state index contributed by atoms with van der Waals surface area (Å²) in [5, 5.41) is 0. The second kappa shape index (κ2) is 6.48. The van der Waals surface area contributed by atoms with E-state index in [2.05, 4.69) is 0 Å². The molecule has 0 N–H and O–H groups in total. The summed E-state index contributed by atoms with van der Waals surface area (Å²) in [4.78, 5) is 0. The number of rotatable bonds is 4. The molecule has 0 saturated carbocycles. The summed E-state index contributed by atoms with van der Waals surface area (Å²) in [5.74, 6) is 1.58. The Hall–Kier alpha value is -1.44. The van der Waals surface area contributed by atoms with Crippen molar-refractivity contribution < 1.29 is 4.74 Å². The first-order chi connectivity index (χ1) is 8.74. The summed E-state index contributed by atoms with van der Waals surface area (Å²) < 4.78 is 5.95. The van der Waals surface area contributed by atoms with E-state index >= 15 is 0 Å². The summed E-state index contributed by atoms with van der Waals surface area (Å²) >= 11 is 11.1. The minimum Gasteiger partial charge on any atom is -0.457 e. The van der Waals surface area contributed by atoms with Crippen LogP contribution in [-0.2, 0) is 0 Å². The number of allylic oxidation sites excluding steroid dienone is 1. The molecule has 0 unspecified atom stereocenters. The van der Waals surface area contributed by atoms with E-state index in [1.807, 2.05) is 61.0 Å². The van der Waals surface area contributed by atoms with Crippen molar-refractivity contribution in [2.75, 3.05) is 0 Å². The molecule has 2 rings (SSSR count). The predicted octanol–water partition coefficient (Wildman–Crippen LogP) is 5.35. The SMILES string of the molecule is ClC(Cl)=C[CH]c1cccc(Oc2ccccc2)c1. The molecule has 0 amide bonds. The van der Waals surface area contributed by atoms with Gasteiger partial charge in [0.25, 0.3) is 0 Å². The lowest BCUT2D eigenvalue weighted by molar-refractivity contribution is 0.482. The van der Waals surface area contributed by atoms with Gasteiger partial charge in [-0.3, -0.25) is 0 Å². The van der Waals surface area contributed by atoms with Gasteiger partial charge in [0.05, 0.1) is 0 Å². The van der Waals surface area contributed by atoms with E-state index < -0.39 is 0 Å². The molecule has 0 aliphatic carbocycles. The van der Waals surface area contributed by atoms with Crippen LogP contribution in [0, 0.1) is 6.42 Å². The van der Waals surface area contributed by atoms with Crippen LogP contribution in [0.3, 0.4) is 0 Å². The number of ether oxygens (including phenoxy) is 1. The largest absolute Gasteiger partial charge is 0.457 e. The third kappa shape index (κ3) is 4.10. The molecule has 0 aliphatic rings. The molecular formula is C15H11Cl2O. The molecular weight excluding hydrogens is 267 g/mol. The lowest BCUT2D eigenvalue weighted by atomic mass is 10.1. The summed E-state index contributed by atoms with van der Waals surface area (Å²) in [6.07, 6.45) is 3.46. The molecule has 2 aromatic rings. The quantitative estimate of drug-likeness (QED) is 0.732. The van der Waals surface area contributed by atoms with Crippen molar-refractivity contribution in [1.82, 2.24) is 0 Å². The van der Waals surface area contributed by atoms with Crippen molar-refractivity contribution >= 4 is 23.2 Å². The van der Waals surface area contributed by atoms with Gasteiger partial charge in [0.15, 0.2) is 0 Å². The monoisotopic (exact) mass is 277 g/mol. The number of para-hydroxylation sites is 1. The van der Waals surface area contributed by atoms with Crippen molar-refractivity contribution in [1.29, 1.82) is 0 Å². The van der Waals surface area contributed by atoms with Crippen molar-refractivity contribution in [2.24, 2.45) is 0 Å². The molecule has 0 heterocycles. The van der Waals surface area contributed by atoms with E-state index in [0.29, 0.717) is 0 Å². The number of halogens is 2. The van der Waals surface area contributed by atoms with E-state index in [0.717, 1.165) is 17.1 Å². The minimum atomic E-state index is 0.226. The summed E-state index contributed by atoms with van der Waals surface area (Å²) in [7, 11) is 0. The van der Waals surface area contributed by atoms with E-state index in [4.69, 9.17) is 27.9 Å². The van der Waals surface area contributed by atoms with Gasteiger partial charge in [-0.15, -0.1) is 0 Å². The minimum absolute atomic E-state index is 0.226. The average Bonchev–Trinajstić information content (AvgIpc) is 2.38. The van der Waals surface area contributed by atoms with E-state index in [1.165, 1.54) is 0 Å². The first-order valence-electron chi connectivity index (χ1n) is 5.43. The third-order valence-corrected chi connectivity index (χ3v) is 2.49. The van der Waals surface area contributed by atoms with Gasteiger partial charge in [0.1, 0.15) is 16.0 Å². The molecule has 0 saturated heterocycles. The number of hydrogen-bond acceptors (Lipinski definition) is 1. The number of benzene rings is 2. The van der Waals surface area contributed by atoms with E-state index in [1.54, 1.807) is 6.08 Å². The van der Waals surface area contributed by atoms with Gasteiger partial charge < -0.3 is 4.74 Å². The molecule has 3 heteroatoms. The van der Waals surface area contributed by atoms with Gasteiger partial charge in [0.2, 0.25) is 0 Å². The van der Waals surface area contributed by atoms with Gasteiger partial charge in [0, 0.05) is 6.42 Å². The van der Waals surface area contributed by atoms with Crippen molar-refractivity contribution in [3.05, 3.63) is 77.1 Å². The highest BCUT2D eigenvalue weighted by Gasteiger charge is 1.98. The maximum atomic E-state index is 5.72. The fraction of sp³-hybridized carbons (Fsp3) is 0. The normalized spacial score (nSPS) is 9.89. The second-order valence-electron chi connectivity index (χ2n) is 3.61. The van der Waals surface area contributed by atoms with Crippen LogP contribution in [0.2, 0.25) is 0 Å². The van der Waals surface area contributed by atoms with E-state index in [9.17, 15) is 0 Å². The Bertz CT molecular complexity index is 531. The molecule has 18 heavy (non-hydrogen) atoms. The van der Waals surface area contributed by atoms with Crippen LogP contribution in [0.15, 0.2) is 65.2 Å². The molecule has 1 radical (unpaired) electrons. The molecule has 2 aromatic carbocycles. The first-order valence-corrected chi connectivity index (χ1v) is 6.18.